The molecule has 1 aliphatic heterocycles. The maximum atomic E-state index is 12.3. The van der Waals surface area contributed by atoms with E-state index in [9.17, 15) is 9.90 Å². The summed E-state index contributed by atoms with van der Waals surface area (Å²) < 4.78 is 3.38. The molecule has 4 atom stereocenters. The Labute approximate surface area is 156 Å². The number of aryl methyl sites for hydroxylation is 1. The van der Waals surface area contributed by atoms with E-state index in [-0.39, 0.29) is 17.7 Å². The minimum atomic E-state index is -0.354. The normalized spacial score (nSPS) is 28.7. The van der Waals surface area contributed by atoms with Crippen LogP contribution in [0, 0.1) is 18.8 Å². The Morgan fingerprint density at radius 2 is 2.07 bits per heavy atom. The summed E-state index contributed by atoms with van der Waals surface area (Å²) in [5, 5.41) is 17.9. The zero-order valence-electron chi connectivity index (χ0n) is 15.3. The fourth-order valence-corrected chi connectivity index (χ4v) is 4.87. The van der Waals surface area contributed by atoms with E-state index in [1.807, 2.05) is 29.9 Å². The average molecular weight is 368 g/mol. The molecule has 1 saturated carbocycles. The Bertz CT molecular complexity index is 1010. The first kappa shape index (κ1) is 16.7. The Hall–Kier alpha value is -2.45. The number of hydrogen-bond donors (Lipinski definition) is 2. The fraction of sp³-hybridized carbons (Fsp3) is 0.526. The Balaban J connectivity index is 1.32. The second-order valence-corrected chi connectivity index (χ2v) is 8.02. The van der Waals surface area contributed by atoms with Crippen LogP contribution in [0.3, 0.4) is 0 Å². The number of hydrogen-bond acceptors (Lipinski definition) is 5. The van der Waals surface area contributed by atoms with Gasteiger partial charge in [-0.3, -0.25) is 19.5 Å². The molecule has 3 aromatic heterocycles. The van der Waals surface area contributed by atoms with Crippen molar-refractivity contribution in [2.75, 3.05) is 13.1 Å². The number of aliphatic hydroxyl groups excluding tert-OH is 1. The van der Waals surface area contributed by atoms with Crippen LogP contribution in [0.25, 0.3) is 5.65 Å². The van der Waals surface area contributed by atoms with Crippen LogP contribution in [0.15, 0.2) is 35.4 Å². The van der Waals surface area contributed by atoms with Gasteiger partial charge in [-0.25, -0.2) is 9.50 Å². The third kappa shape index (κ3) is 2.98. The lowest BCUT2D eigenvalue weighted by atomic mass is 9.77. The van der Waals surface area contributed by atoms with Gasteiger partial charge in [-0.1, -0.05) is 0 Å². The molecule has 27 heavy (non-hydrogen) atoms. The number of aliphatic hydroxyl groups is 1. The third-order valence-corrected chi connectivity index (χ3v) is 6.07. The minimum absolute atomic E-state index is 0.0585. The van der Waals surface area contributed by atoms with Crippen LogP contribution < -0.4 is 5.56 Å². The van der Waals surface area contributed by atoms with E-state index in [0.717, 1.165) is 37.3 Å². The summed E-state index contributed by atoms with van der Waals surface area (Å²) in [5.41, 5.74) is 2.32. The smallest absolute Gasteiger partial charge is 0.272 e. The van der Waals surface area contributed by atoms with Crippen molar-refractivity contribution in [1.29, 1.82) is 0 Å². The molecule has 1 aliphatic carbocycles. The molecule has 0 unspecified atom stereocenters. The lowest BCUT2D eigenvalue weighted by molar-refractivity contribution is 0.0306. The number of nitrogens with zero attached hydrogens (tertiary/aromatic N) is 5. The molecule has 3 aromatic rings. The fourth-order valence-electron chi connectivity index (χ4n) is 4.87. The molecule has 0 aromatic carbocycles. The quantitative estimate of drug-likeness (QED) is 0.719. The van der Waals surface area contributed by atoms with Gasteiger partial charge in [-0.2, -0.15) is 5.10 Å². The summed E-state index contributed by atoms with van der Waals surface area (Å²) in [6.07, 6.45) is 5.09. The lowest BCUT2D eigenvalue weighted by Crippen LogP contribution is -2.36. The minimum Gasteiger partial charge on any atom is -0.391 e. The molecule has 1 saturated heterocycles. The molecule has 0 amide bonds. The summed E-state index contributed by atoms with van der Waals surface area (Å²) in [4.78, 5) is 19.3. The highest BCUT2D eigenvalue weighted by Gasteiger charge is 2.42. The molecule has 0 radical (unpaired) electrons. The van der Waals surface area contributed by atoms with Gasteiger partial charge in [0.15, 0.2) is 5.65 Å². The lowest BCUT2D eigenvalue weighted by Gasteiger charge is -2.35. The largest absolute Gasteiger partial charge is 0.391 e. The van der Waals surface area contributed by atoms with Crippen LogP contribution in [0.5, 0.6) is 0 Å². The second-order valence-electron chi connectivity index (χ2n) is 8.02. The van der Waals surface area contributed by atoms with Gasteiger partial charge in [0.2, 0.25) is 0 Å². The highest BCUT2D eigenvalue weighted by Crippen LogP contribution is 2.41. The van der Waals surface area contributed by atoms with Crippen molar-refractivity contribution < 1.29 is 5.11 Å². The Morgan fingerprint density at radius 3 is 2.85 bits per heavy atom. The van der Waals surface area contributed by atoms with Crippen LogP contribution in [-0.2, 0) is 6.54 Å². The highest BCUT2D eigenvalue weighted by atomic mass is 16.3. The zero-order chi connectivity index (χ0) is 18.5. The molecule has 2 N–H and O–H groups in total. The van der Waals surface area contributed by atoms with E-state index in [1.165, 1.54) is 4.52 Å². The first-order chi connectivity index (χ1) is 13.1. The Kier molecular flexibility index (Phi) is 3.91. The van der Waals surface area contributed by atoms with Crippen LogP contribution in [0.2, 0.25) is 0 Å². The van der Waals surface area contributed by atoms with Crippen molar-refractivity contribution >= 4 is 5.65 Å². The summed E-state index contributed by atoms with van der Waals surface area (Å²) in [6, 6.07) is 5.47. The van der Waals surface area contributed by atoms with Gasteiger partial charge >= 0.3 is 0 Å². The van der Waals surface area contributed by atoms with E-state index in [2.05, 4.69) is 20.1 Å². The summed E-state index contributed by atoms with van der Waals surface area (Å²) in [5.74, 6) is 1.04. The predicted octanol–water partition coefficient (Wildman–Crippen LogP) is 0.972. The topological polar surface area (TPSA) is 91.4 Å². The van der Waals surface area contributed by atoms with Crippen LogP contribution in [-0.4, -0.2) is 53.6 Å². The number of likely N-dealkylation sites (tertiary alicyclic amines) is 1. The molecule has 2 fully saturated rings. The summed E-state index contributed by atoms with van der Waals surface area (Å²) in [6.45, 7) is 4.51. The van der Waals surface area contributed by atoms with E-state index < -0.39 is 0 Å². The van der Waals surface area contributed by atoms with Crippen LogP contribution in [0.4, 0.5) is 0 Å². The van der Waals surface area contributed by atoms with Gasteiger partial charge in [0.1, 0.15) is 0 Å². The maximum absolute atomic E-state index is 12.3. The van der Waals surface area contributed by atoms with Crippen molar-refractivity contribution in [2.24, 2.45) is 11.8 Å². The molecule has 142 valence electrons. The van der Waals surface area contributed by atoms with Gasteiger partial charge in [0, 0.05) is 49.9 Å². The number of rotatable bonds is 3. The summed E-state index contributed by atoms with van der Waals surface area (Å²) in [7, 11) is 0. The number of aromatic amines is 1. The number of H-pyrrole nitrogens is 1. The second kappa shape index (κ2) is 6.31. The van der Waals surface area contributed by atoms with Crippen molar-refractivity contribution in [3.63, 3.8) is 0 Å². The number of nitrogens with one attached hydrogen (secondary N) is 1. The Morgan fingerprint density at radius 1 is 1.26 bits per heavy atom. The van der Waals surface area contributed by atoms with Crippen LogP contribution in [0.1, 0.15) is 30.3 Å². The van der Waals surface area contributed by atoms with Crippen molar-refractivity contribution in [2.45, 2.75) is 38.5 Å². The van der Waals surface area contributed by atoms with E-state index in [0.29, 0.717) is 24.0 Å². The standard InChI is InChI=1S/C19H24N6O2/c1-12-5-18-21-15(8-19(27)25(18)22-12)11-23-9-13-6-16(24-4-2-3-20-24)17(26)7-14(13)10-23/h2-5,8,13-14,16-17,22,26H,6-7,9-11H2,1H3/t13-,14+,16-,17-/m1/s1. The van der Waals surface area contributed by atoms with Crippen LogP contribution >= 0.6 is 0 Å². The molecule has 5 rings (SSSR count). The summed E-state index contributed by atoms with van der Waals surface area (Å²) >= 11 is 0. The predicted molar refractivity (Wildman–Crippen MR) is 99.3 cm³/mol. The van der Waals surface area contributed by atoms with Crippen molar-refractivity contribution in [1.82, 2.24) is 29.3 Å². The molecule has 0 spiro atoms. The first-order valence-electron chi connectivity index (χ1n) is 9.54. The van der Waals surface area contributed by atoms with Crippen molar-refractivity contribution in [3.05, 3.63) is 52.3 Å². The molecular weight excluding hydrogens is 344 g/mol. The molecule has 8 nitrogen and oxygen atoms in total. The van der Waals surface area contributed by atoms with Gasteiger partial charge in [-0.15, -0.1) is 0 Å². The molecule has 4 heterocycles. The average Bonchev–Trinajstić information content (AvgIpc) is 3.33. The van der Waals surface area contributed by atoms with Gasteiger partial charge in [0.05, 0.1) is 17.8 Å². The molecule has 8 heteroatoms. The van der Waals surface area contributed by atoms with Gasteiger partial charge < -0.3 is 5.11 Å². The van der Waals surface area contributed by atoms with E-state index in [4.69, 9.17) is 0 Å². The molecular formula is C19H24N6O2. The zero-order valence-corrected chi connectivity index (χ0v) is 15.3. The first-order valence-corrected chi connectivity index (χ1v) is 9.54. The SMILES string of the molecule is Cc1cc2nc(CN3C[C@H]4C[C@@H](n5cccn5)[C@H](O)C[C@H]4C3)cc(=O)n2[nH]1. The molecule has 0 bridgehead atoms. The van der Waals surface area contributed by atoms with Gasteiger partial charge in [0.25, 0.3) is 5.56 Å². The number of aromatic nitrogens is 5. The van der Waals surface area contributed by atoms with Crippen molar-refractivity contribution in [3.8, 4) is 0 Å². The van der Waals surface area contributed by atoms with E-state index in [1.54, 1.807) is 12.3 Å². The van der Waals surface area contributed by atoms with E-state index >= 15 is 0 Å². The number of fused-ring (bicyclic) bond motifs is 2. The maximum Gasteiger partial charge on any atom is 0.272 e. The highest BCUT2D eigenvalue weighted by molar-refractivity contribution is 5.39. The monoisotopic (exact) mass is 368 g/mol. The third-order valence-electron chi connectivity index (χ3n) is 6.07. The van der Waals surface area contributed by atoms with Gasteiger partial charge in [-0.05, 0) is 37.7 Å². The molecule has 2 aliphatic rings.